The van der Waals surface area contributed by atoms with Gasteiger partial charge in [0.05, 0.1) is 7.11 Å². The summed E-state index contributed by atoms with van der Waals surface area (Å²) in [6, 6.07) is 25.3. The van der Waals surface area contributed by atoms with Crippen LogP contribution in [0.15, 0.2) is 89.5 Å². The van der Waals surface area contributed by atoms with Crippen LogP contribution in [-0.4, -0.2) is 28.2 Å². The number of aryl methyl sites for hydroxylation is 1. The normalized spacial score (nSPS) is 11.7. The van der Waals surface area contributed by atoms with Gasteiger partial charge in [0.1, 0.15) is 6.04 Å². The van der Waals surface area contributed by atoms with Crippen molar-refractivity contribution in [3.63, 3.8) is 0 Å². The van der Waals surface area contributed by atoms with Gasteiger partial charge in [0, 0.05) is 34.8 Å². The zero-order valence-corrected chi connectivity index (χ0v) is 21.3. The molecule has 0 fully saturated rings. The molecule has 0 aliphatic carbocycles. The Morgan fingerprint density at radius 3 is 2.54 bits per heavy atom. The number of carbonyl (C=O) groups excluding carboxylic acids is 1. The fraction of sp³-hybridized carbons (Fsp3) is 0.138. The van der Waals surface area contributed by atoms with Crippen molar-refractivity contribution >= 4 is 39.9 Å². The van der Waals surface area contributed by atoms with Gasteiger partial charge in [0.25, 0.3) is 0 Å². The van der Waals surface area contributed by atoms with E-state index in [9.17, 15) is 4.79 Å². The number of anilines is 1. The highest BCUT2D eigenvalue weighted by atomic mass is 32.1. The highest BCUT2D eigenvalue weighted by molar-refractivity contribution is 7.80. The molecule has 3 aromatic carbocycles. The van der Waals surface area contributed by atoms with Crippen LogP contribution >= 0.6 is 12.2 Å². The van der Waals surface area contributed by atoms with E-state index in [4.69, 9.17) is 21.4 Å². The van der Waals surface area contributed by atoms with E-state index in [1.807, 2.05) is 92.0 Å². The minimum Gasteiger partial charge on any atom is -0.464 e. The summed E-state index contributed by atoms with van der Waals surface area (Å²) in [6.45, 7) is 2.03. The number of hydrogen-bond donors (Lipinski definition) is 3. The zero-order valence-electron chi connectivity index (χ0n) is 20.4. The second-order valence-corrected chi connectivity index (χ2v) is 9.08. The zero-order chi connectivity index (χ0) is 25.8. The smallest absolute Gasteiger partial charge is 0.360 e. The molecule has 0 spiro atoms. The van der Waals surface area contributed by atoms with Gasteiger partial charge in [-0.15, -0.1) is 0 Å². The maximum Gasteiger partial charge on any atom is 0.360 e. The van der Waals surface area contributed by atoms with Crippen LogP contribution in [0.3, 0.4) is 0 Å². The number of aromatic amines is 1. The number of methoxy groups -OCH3 is 1. The average molecular weight is 511 g/mol. The first kappa shape index (κ1) is 24.3. The summed E-state index contributed by atoms with van der Waals surface area (Å²) < 4.78 is 11.3. The number of esters is 1. The maximum atomic E-state index is 12.7. The van der Waals surface area contributed by atoms with Crippen molar-refractivity contribution in [2.75, 3.05) is 12.4 Å². The quantitative estimate of drug-likeness (QED) is 0.178. The van der Waals surface area contributed by atoms with Crippen molar-refractivity contribution in [1.82, 2.24) is 15.3 Å². The molecule has 1 atom stereocenters. The van der Waals surface area contributed by atoms with Gasteiger partial charge in [0.2, 0.25) is 5.89 Å². The lowest BCUT2D eigenvalue weighted by Crippen LogP contribution is -2.33. The first-order valence-electron chi connectivity index (χ1n) is 11.9. The van der Waals surface area contributed by atoms with E-state index in [1.54, 1.807) is 0 Å². The Labute approximate surface area is 219 Å². The van der Waals surface area contributed by atoms with E-state index in [-0.39, 0.29) is 5.69 Å². The molecule has 0 saturated heterocycles. The summed E-state index contributed by atoms with van der Waals surface area (Å²) in [5, 5.41) is 7.87. The second kappa shape index (κ2) is 10.7. The first-order chi connectivity index (χ1) is 18.0. The molecule has 0 bridgehead atoms. The Balaban J connectivity index is 1.52. The van der Waals surface area contributed by atoms with Crippen LogP contribution in [0.2, 0.25) is 0 Å². The van der Waals surface area contributed by atoms with Crippen LogP contribution in [0, 0.1) is 6.92 Å². The molecular weight excluding hydrogens is 484 g/mol. The highest BCUT2D eigenvalue weighted by Gasteiger charge is 2.28. The minimum absolute atomic E-state index is 0.111. The Kier molecular flexibility index (Phi) is 7.00. The molecule has 0 aliphatic heterocycles. The Hall–Kier alpha value is -4.43. The topological polar surface area (TPSA) is 92.2 Å². The number of aromatic nitrogens is 2. The lowest BCUT2D eigenvalue weighted by atomic mass is 10.1. The lowest BCUT2D eigenvalue weighted by Gasteiger charge is -2.18. The van der Waals surface area contributed by atoms with Crippen molar-refractivity contribution in [3.8, 4) is 11.3 Å². The number of ether oxygens (including phenoxy) is 1. The fourth-order valence-electron chi connectivity index (χ4n) is 4.17. The monoisotopic (exact) mass is 510 g/mol. The number of para-hydroxylation sites is 1. The van der Waals surface area contributed by atoms with Crippen molar-refractivity contribution in [1.29, 1.82) is 0 Å². The molecule has 5 aromatic rings. The van der Waals surface area contributed by atoms with Crippen LogP contribution in [0.4, 0.5) is 5.69 Å². The molecule has 8 heteroatoms. The molecule has 0 saturated carbocycles. The molecule has 5 rings (SSSR count). The van der Waals surface area contributed by atoms with Gasteiger partial charge in [-0.3, -0.25) is 0 Å². The predicted molar refractivity (Wildman–Crippen MR) is 149 cm³/mol. The fourth-order valence-corrected chi connectivity index (χ4v) is 4.43. The van der Waals surface area contributed by atoms with Gasteiger partial charge in [-0.25, -0.2) is 9.78 Å². The third kappa shape index (κ3) is 5.39. The van der Waals surface area contributed by atoms with Crippen molar-refractivity contribution in [3.05, 3.63) is 108 Å². The van der Waals surface area contributed by atoms with E-state index in [2.05, 4.69) is 20.6 Å². The molecule has 0 radical (unpaired) electrons. The number of hydrogen-bond acceptors (Lipinski definition) is 5. The van der Waals surface area contributed by atoms with Crippen LogP contribution in [-0.2, 0) is 11.2 Å². The molecule has 2 heterocycles. The predicted octanol–water partition coefficient (Wildman–Crippen LogP) is 6.19. The molecule has 37 heavy (non-hydrogen) atoms. The van der Waals surface area contributed by atoms with Gasteiger partial charge >= 0.3 is 5.97 Å². The number of carbonyl (C=O) groups is 1. The van der Waals surface area contributed by atoms with Gasteiger partial charge in [-0.2, -0.15) is 0 Å². The SMILES string of the molecule is COC(=O)c1nc([C@H](Cc2ccccc2)NC(=S)Nc2ccc(C)cc2)oc1-c1c[nH]c2ccccc12. The van der Waals surface area contributed by atoms with E-state index in [0.29, 0.717) is 23.2 Å². The molecule has 0 aliphatic rings. The Morgan fingerprint density at radius 1 is 1.05 bits per heavy atom. The number of nitrogens with one attached hydrogen (secondary N) is 3. The number of rotatable bonds is 7. The average Bonchev–Trinajstić information content (AvgIpc) is 3.54. The summed E-state index contributed by atoms with van der Waals surface area (Å²) in [7, 11) is 1.33. The third-order valence-corrected chi connectivity index (χ3v) is 6.27. The molecule has 0 amide bonds. The van der Waals surface area contributed by atoms with E-state index < -0.39 is 12.0 Å². The molecular formula is C29H26N4O3S. The molecule has 2 aromatic heterocycles. The summed E-state index contributed by atoms with van der Waals surface area (Å²) in [6.07, 6.45) is 2.34. The van der Waals surface area contributed by atoms with Gasteiger partial charge < -0.3 is 24.8 Å². The number of benzene rings is 3. The van der Waals surface area contributed by atoms with Gasteiger partial charge in [-0.05, 0) is 42.9 Å². The molecule has 7 nitrogen and oxygen atoms in total. The molecule has 3 N–H and O–H groups in total. The van der Waals surface area contributed by atoms with Crippen molar-refractivity contribution < 1.29 is 13.9 Å². The third-order valence-electron chi connectivity index (χ3n) is 6.05. The summed E-state index contributed by atoms with van der Waals surface area (Å²) in [4.78, 5) is 20.6. The summed E-state index contributed by atoms with van der Waals surface area (Å²) in [5.74, 6) is 0.100. The maximum absolute atomic E-state index is 12.7. The Bertz CT molecular complexity index is 1540. The summed E-state index contributed by atoms with van der Waals surface area (Å²) >= 11 is 5.63. The number of nitrogens with zero attached hydrogens (tertiary/aromatic N) is 1. The minimum atomic E-state index is -0.575. The number of fused-ring (bicyclic) bond motifs is 1. The second-order valence-electron chi connectivity index (χ2n) is 8.68. The van der Waals surface area contributed by atoms with E-state index >= 15 is 0 Å². The van der Waals surface area contributed by atoms with Crippen LogP contribution in [0.1, 0.15) is 33.5 Å². The van der Waals surface area contributed by atoms with Gasteiger partial charge in [0.15, 0.2) is 16.6 Å². The van der Waals surface area contributed by atoms with Crippen LogP contribution in [0.25, 0.3) is 22.2 Å². The largest absolute Gasteiger partial charge is 0.464 e. The molecule has 0 unspecified atom stereocenters. The van der Waals surface area contributed by atoms with Crippen LogP contribution < -0.4 is 10.6 Å². The highest BCUT2D eigenvalue weighted by Crippen LogP contribution is 2.34. The van der Waals surface area contributed by atoms with Crippen molar-refractivity contribution in [2.24, 2.45) is 0 Å². The first-order valence-corrected chi connectivity index (χ1v) is 12.3. The molecule has 186 valence electrons. The Morgan fingerprint density at radius 2 is 1.78 bits per heavy atom. The van der Waals surface area contributed by atoms with Crippen molar-refractivity contribution in [2.45, 2.75) is 19.4 Å². The van der Waals surface area contributed by atoms with Gasteiger partial charge in [-0.1, -0.05) is 66.2 Å². The number of H-pyrrole nitrogens is 1. The van der Waals surface area contributed by atoms with E-state index in [0.717, 1.165) is 33.3 Å². The standard InChI is InChI=1S/C29H26N4O3S/c1-18-12-14-20(15-13-18)31-29(37)32-24(16-19-8-4-3-5-9-19)27-33-25(28(34)35-2)26(36-27)22-17-30-23-11-7-6-10-21(22)23/h3-15,17,24,30H,16H2,1-2H3,(H2,31,32,37)/t24-/m0/s1. The van der Waals surface area contributed by atoms with Crippen LogP contribution in [0.5, 0.6) is 0 Å². The summed E-state index contributed by atoms with van der Waals surface area (Å²) in [5.41, 5.74) is 4.85. The van der Waals surface area contributed by atoms with E-state index in [1.165, 1.54) is 7.11 Å². The lowest BCUT2D eigenvalue weighted by molar-refractivity contribution is 0.0595. The number of oxazole rings is 1. The number of thiocarbonyl (C=S) groups is 1.